The van der Waals surface area contributed by atoms with Gasteiger partial charge >= 0.3 is 5.97 Å². The van der Waals surface area contributed by atoms with E-state index in [0.29, 0.717) is 24.5 Å². The molecule has 1 saturated heterocycles. The number of carboxylic acid groups (broad SMARTS) is 1. The first-order valence-corrected chi connectivity index (χ1v) is 8.69. The summed E-state index contributed by atoms with van der Waals surface area (Å²) in [5.74, 6) is -0.742. The molecule has 21 heavy (non-hydrogen) atoms. The standard InChI is InChI=1S/C14H18ClNO4S/c15-12-4-1-5-13(9-12)21(19,20)16-8-2-3-11(10-16)6-7-14(17)18/h1,4-5,9,11H,2-3,6-8,10H2,(H,17,18). The normalized spacial score (nSPS) is 20.3. The third-order valence-corrected chi connectivity index (χ3v) is 5.78. The Morgan fingerprint density at radius 2 is 2.19 bits per heavy atom. The van der Waals surface area contributed by atoms with E-state index in [1.54, 1.807) is 12.1 Å². The second kappa shape index (κ2) is 6.77. The molecule has 1 fully saturated rings. The maximum Gasteiger partial charge on any atom is 0.303 e. The number of halogens is 1. The fourth-order valence-corrected chi connectivity index (χ4v) is 4.44. The molecular formula is C14H18ClNO4S. The Morgan fingerprint density at radius 1 is 1.43 bits per heavy atom. The molecule has 1 heterocycles. The summed E-state index contributed by atoms with van der Waals surface area (Å²) in [5.41, 5.74) is 0. The molecule has 0 aliphatic carbocycles. The Hall–Kier alpha value is -1.11. The van der Waals surface area contributed by atoms with Crippen LogP contribution in [0.3, 0.4) is 0 Å². The van der Waals surface area contributed by atoms with E-state index in [2.05, 4.69) is 0 Å². The smallest absolute Gasteiger partial charge is 0.303 e. The monoisotopic (exact) mass is 331 g/mol. The van der Waals surface area contributed by atoms with E-state index < -0.39 is 16.0 Å². The molecule has 7 heteroatoms. The number of nitrogens with zero attached hydrogens (tertiary/aromatic N) is 1. The van der Waals surface area contributed by atoms with Crippen molar-refractivity contribution in [2.45, 2.75) is 30.6 Å². The van der Waals surface area contributed by atoms with Crippen LogP contribution in [0.25, 0.3) is 0 Å². The fraction of sp³-hybridized carbons (Fsp3) is 0.500. The van der Waals surface area contributed by atoms with Gasteiger partial charge in [-0.2, -0.15) is 4.31 Å². The molecule has 1 N–H and O–H groups in total. The van der Waals surface area contributed by atoms with E-state index in [9.17, 15) is 13.2 Å². The minimum atomic E-state index is -3.55. The van der Waals surface area contributed by atoms with Crippen molar-refractivity contribution in [3.8, 4) is 0 Å². The summed E-state index contributed by atoms with van der Waals surface area (Å²) < 4.78 is 26.6. The van der Waals surface area contributed by atoms with E-state index in [-0.39, 0.29) is 17.2 Å². The summed E-state index contributed by atoms with van der Waals surface area (Å²) in [6.45, 7) is 0.848. The van der Waals surface area contributed by atoms with Crippen LogP contribution in [0, 0.1) is 5.92 Å². The topological polar surface area (TPSA) is 74.7 Å². The Labute approximate surface area is 129 Å². The summed E-state index contributed by atoms with van der Waals surface area (Å²) in [5, 5.41) is 9.12. The lowest BCUT2D eigenvalue weighted by Crippen LogP contribution is -2.40. The third-order valence-electron chi connectivity index (χ3n) is 3.68. The van der Waals surface area contributed by atoms with Crippen LogP contribution in [0.4, 0.5) is 0 Å². The number of aliphatic carboxylic acids is 1. The van der Waals surface area contributed by atoms with Crippen molar-refractivity contribution >= 4 is 27.6 Å². The molecule has 0 radical (unpaired) electrons. The van der Waals surface area contributed by atoms with Crippen LogP contribution < -0.4 is 0 Å². The van der Waals surface area contributed by atoms with Gasteiger partial charge in [0.1, 0.15) is 0 Å². The highest BCUT2D eigenvalue weighted by Gasteiger charge is 2.30. The summed E-state index contributed by atoms with van der Waals surface area (Å²) in [6, 6.07) is 6.22. The van der Waals surface area contributed by atoms with E-state index in [1.807, 2.05) is 0 Å². The maximum atomic E-state index is 12.6. The molecule has 1 aliphatic rings. The molecular weight excluding hydrogens is 314 g/mol. The first kappa shape index (κ1) is 16.3. The number of benzene rings is 1. The van der Waals surface area contributed by atoms with Crippen LogP contribution >= 0.6 is 11.6 Å². The van der Waals surface area contributed by atoms with Gasteiger partial charge in [0.15, 0.2) is 0 Å². The average Bonchev–Trinajstić information content (AvgIpc) is 2.45. The Kier molecular flexibility index (Phi) is 5.24. The predicted molar refractivity (Wildman–Crippen MR) is 79.8 cm³/mol. The van der Waals surface area contributed by atoms with Gasteiger partial charge < -0.3 is 5.11 Å². The third kappa shape index (κ3) is 4.18. The zero-order valence-corrected chi connectivity index (χ0v) is 13.1. The summed E-state index contributed by atoms with van der Waals surface area (Å²) in [4.78, 5) is 10.8. The number of rotatable bonds is 5. The highest BCUT2D eigenvalue weighted by Crippen LogP contribution is 2.27. The predicted octanol–water partition coefficient (Wildman–Crippen LogP) is 2.61. The van der Waals surface area contributed by atoms with Crippen LogP contribution in [-0.2, 0) is 14.8 Å². The lowest BCUT2D eigenvalue weighted by molar-refractivity contribution is -0.137. The van der Waals surface area contributed by atoms with Crippen LogP contribution in [0.1, 0.15) is 25.7 Å². The van der Waals surface area contributed by atoms with Crippen molar-refractivity contribution in [1.29, 1.82) is 0 Å². The van der Waals surface area contributed by atoms with E-state index >= 15 is 0 Å². The van der Waals surface area contributed by atoms with Gasteiger partial charge in [-0.05, 0) is 43.4 Å². The zero-order chi connectivity index (χ0) is 15.5. The maximum absolute atomic E-state index is 12.6. The van der Waals surface area contributed by atoms with Crippen LogP contribution in [-0.4, -0.2) is 36.9 Å². The highest BCUT2D eigenvalue weighted by atomic mass is 35.5. The first-order valence-electron chi connectivity index (χ1n) is 6.87. The van der Waals surface area contributed by atoms with Gasteiger partial charge in [0, 0.05) is 24.5 Å². The van der Waals surface area contributed by atoms with Crippen molar-refractivity contribution < 1.29 is 18.3 Å². The Morgan fingerprint density at radius 3 is 2.86 bits per heavy atom. The molecule has 116 valence electrons. The summed E-state index contributed by atoms with van der Waals surface area (Å²) >= 11 is 5.85. The lowest BCUT2D eigenvalue weighted by Gasteiger charge is -2.31. The molecule has 1 unspecified atom stereocenters. The molecule has 5 nitrogen and oxygen atoms in total. The van der Waals surface area contributed by atoms with Crippen molar-refractivity contribution in [2.24, 2.45) is 5.92 Å². The minimum absolute atomic E-state index is 0.0791. The molecule has 0 amide bonds. The van der Waals surface area contributed by atoms with Crippen molar-refractivity contribution in [3.05, 3.63) is 29.3 Å². The number of piperidine rings is 1. The van der Waals surface area contributed by atoms with E-state index in [0.717, 1.165) is 12.8 Å². The van der Waals surface area contributed by atoms with Gasteiger partial charge in [0.2, 0.25) is 10.0 Å². The molecule has 1 aromatic carbocycles. The van der Waals surface area contributed by atoms with Crippen molar-refractivity contribution in [2.75, 3.05) is 13.1 Å². The van der Waals surface area contributed by atoms with Gasteiger partial charge in [0.25, 0.3) is 0 Å². The van der Waals surface area contributed by atoms with Gasteiger partial charge in [0.05, 0.1) is 4.90 Å². The van der Waals surface area contributed by atoms with Crippen LogP contribution in [0.2, 0.25) is 5.02 Å². The average molecular weight is 332 g/mol. The second-order valence-corrected chi connectivity index (χ2v) is 7.64. The lowest BCUT2D eigenvalue weighted by atomic mass is 9.95. The van der Waals surface area contributed by atoms with Gasteiger partial charge in [-0.1, -0.05) is 17.7 Å². The quantitative estimate of drug-likeness (QED) is 0.900. The SMILES string of the molecule is O=C(O)CCC1CCCN(S(=O)(=O)c2cccc(Cl)c2)C1. The molecule has 0 aromatic heterocycles. The second-order valence-electron chi connectivity index (χ2n) is 5.26. The summed E-state index contributed by atoms with van der Waals surface area (Å²) in [6.07, 6.45) is 2.21. The van der Waals surface area contributed by atoms with Gasteiger partial charge in [-0.25, -0.2) is 8.42 Å². The number of carbonyl (C=O) groups is 1. The Bertz CT molecular complexity index is 617. The molecule has 1 atom stereocenters. The Balaban J connectivity index is 2.11. The minimum Gasteiger partial charge on any atom is -0.481 e. The molecule has 1 aromatic rings. The van der Waals surface area contributed by atoms with Crippen LogP contribution in [0.5, 0.6) is 0 Å². The molecule has 2 rings (SSSR count). The molecule has 1 aliphatic heterocycles. The molecule has 0 spiro atoms. The molecule has 0 saturated carbocycles. The molecule has 0 bridgehead atoms. The van der Waals surface area contributed by atoms with E-state index in [1.165, 1.54) is 16.4 Å². The number of sulfonamides is 1. The summed E-state index contributed by atoms with van der Waals surface area (Å²) in [7, 11) is -3.55. The van der Waals surface area contributed by atoms with Gasteiger partial charge in [-0.3, -0.25) is 4.79 Å². The number of carboxylic acids is 1. The first-order chi connectivity index (χ1) is 9.89. The van der Waals surface area contributed by atoms with E-state index in [4.69, 9.17) is 16.7 Å². The van der Waals surface area contributed by atoms with Crippen molar-refractivity contribution in [3.63, 3.8) is 0 Å². The van der Waals surface area contributed by atoms with Gasteiger partial charge in [-0.15, -0.1) is 0 Å². The fourth-order valence-electron chi connectivity index (χ4n) is 2.58. The van der Waals surface area contributed by atoms with Crippen molar-refractivity contribution in [1.82, 2.24) is 4.31 Å². The zero-order valence-electron chi connectivity index (χ0n) is 11.5. The highest BCUT2D eigenvalue weighted by molar-refractivity contribution is 7.89. The number of hydrogen-bond acceptors (Lipinski definition) is 3. The largest absolute Gasteiger partial charge is 0.481 e. The van der Waals surface area contributed by atoms with Crippen LogP contribution in [0.15, 0.2) is 29.2 Å². The number of hydrogen-bond donors (Lipinski definition) is 1.